The van der Waals surface area contributed by atoms with Crippen molar-refractivity contribution in [3.63, 3.8) is 0 Å². The van der Waals surface area contributed by atoms with E-state index in [0.717, 1.165) is 0 Å². The van der Waals surface area contributed by atoms with Gasteiger partial charge in [0.05, 0.1) is 12.0 Å². The molecule has 2 atom stereocenters. The molecule has 9 heteroatoms. The van der Waals surface area contributed by atoms with Crippen molar-refractivity contribution in [2.45, 2.75) is 72.2 Å². The molecule has 0 fully saturated rings. The molecule has 160 valence electrons. The zero-order chi connectivity index (χ0) is 21.8. The number of Topliss-reactive ketones (excluding diaryl/α,β-unsaturated/α-hetero) is 1. The average molecular weight is 425 g/mol. The molecule has 0 aromatic heterocycles. The second kappa shape index (κ2) is 9.31. The lowest BCUT2D eigenvalue weighted by Crippen LogP contribution is -2.50. The lowest BCUT2D eigenvalue weighted by atomic mass is 9.76. The maximum absolute atomic E-state index is 12.6. The SMILES string of the molecule is COP(=O)(CC(=O)C[C@@H](O[Si](C)(C)C(C)(C)C)C(C(=O)O)C(C)(C)C)OC. The molecule has 7 nitrogen and oxygen atoms in total. The van der Waals surface area contributed by atoms with Crippen LogP contribution in [0.15, 0.2) is 0 Å². The molecule has 0 aromatic carbocycles. The van der Waals surface area contributed by atoms with Crippen molar-refractivity contribution in [3.8, 4) is 0 Å². The van der Waals surface area contributed by atoms with Crippen LogP contribution in [0.25, 0.3) is 0 Å². The van der Waals surface area contributed by atoms with Crippen LogP contribution in [0.5, 0.6) is 0 Å². The van der Waals surface area contributed by atoms with E-state index in [9.17, 15) is 19.3 Å². The molecule has 1 N–H and O–H groups in total. The van der Waals surface area contributed by atoms with E-state index in [2.05, 4.69) is 20.8 Å². The number of ketones is 1. The molecular weight excluding hydrogens is 387 g/mol. The van der Waals surface area contributed by atoms with Crippen LogP contribution in [0.3, 0.4) is 0 Å². The quantitative estimate of drug-likeness (QED) is 0.405. The Bertz CT molecular complexity index is 567. The average Bonchev–Trinajstić information content (AvgIpc) is 2.43. The Kier molecular flexibility index (Phi) is 9.13. The van der Waals surface area contributed by atoms with Crippen molar-refractivity contribution in [2.24, 2.45) is 11.3 Å². The predicted molar refractivity (Wildman–Crippen MR) is 109 cm³/mol. The first-order valence-corrected chi connectivity index (χ1v) is 13.7. The summed E-state index contributed by atoms with van der Waals surface area (Å²) in [6, 6.07) is 0. The van der Waals surface area contributed by atoms with Gasteiger partial charge in [-0.15, -0.1) is 0 Å². The van der Waals surface area contributed by atoms with E-state index < -0.39 is 51.3 Å². The van der Waals surface area contributed by atoms with E-state index in [4.69, 9.17) is 13.5 Å². The fraction of sp³-hybridized carbons (Fsp3) is 0.889. The fourth-order valence-electron chi connectivity index (χ4n) is 2.58. The van der Waals surface area contributed by atoms with Gasteiger partial charge in [-0.05, 0) is 23.5 Å². The zero-order valence-electron chi connectivity index (χ0n) is 18.4. The van der Waals surface area contributed by atoms with Gasteiger partial charge in [-0.3, -0.25) is 14.2 Å². The highest BCUT2D eigenvalue weighted by Crippen LogP contribution is 2.47. The van der Waals surface area contributed by atoms with Crippen LogP contribution < -0.4 is 0 Å². The zero-order valence-corrected chi connectivity index (χ0v) is 20.3. The van der Waals surface area contributed by atoms with Gasteiger partial charge in [0.1, 0.15) is 11.9 Å². The number of carbonyl (C=O) groups excluding carboxylic acids is 1. The first-order chi connectivity index (χ1) is 11.9. The number of carboxylic acids is 1. The smallest absolute Gasteiger partial charge is 0.337 e. The van der Waals surface area contributed by atoms with Crippen molar-refractivity contribution in [3.05, 3.63) is 0 Å². The first-order valence-electron chi connectivity index (χ1n) is 9.03. The molecule has 0 aliphatic carbocycles. The van der Waals surface area contributed by atoms with E-state index in [1.54, 1.807) is 0 Å². The highest BCUT2D eigenvalue weighted by atomic mass is 31.2. The maximum atomic E-state index is 12.6. The van der Waals surface area contributed by atoms with E-state index >= 15 is 0 Å². The predicted octanol–water partition coefficient (Wildman–Crippen LogP) is 4.57. The number of aliphatic carboxylic acids is 1. The van der Waals surface area contributed by atoms with Crippen molar-refractivity contribution >= 4 is 27.7 Å². The van der Waals surface area contributed by atoms with Crippen molar-refractivity contribution < 1.29 is 32.7 Å². The molecule has 0 spiro atoms. The summed E-state index contributed by atoms with van der Waals surface area (Å²) < 4.78 is 28.3. The van der Waals surface area contributed by atoms with E-state index in [-0.39, 0.29) is 11.5 Å². The number of carboxylic acid groups (broad SMARTS) is 1. The van der Waals surface area contributed by atoms with Crippen molar-refractivity contribution in [1.82, 2.24) is 0 Å². The molecule has 0 aliphatic rings. The number of hydrogen-bond acceptors (Lipinski definition) is 6. The molecule has 0 amide bonds. The monoisotopic (exact) mass is 424 g/mol. The van der Waals surface area contributed by atoms with Gasteiger partial charge in [-0.2, -0.15) is 0 Å². The number of rotatable bonds is 10. The summed E-state index contributed by atoms with van der Waals surface area (Å²) in [5.41, 5.74) is -0.620. The Labute approximate surface area is 164 Å². The number of hydrogen-bond donors (Lipinski definition) is 1. The molecule has 0 saturated heterocycles. The van der Waals surface area contributed by atoms with Crippen LogP contribution in [0, 0.1) is 11.3 Å². The Morgan fingerprint density at radius 2 is 1.48 bits per heavy atom. The Hall–Kier alpha value is -0.533. The fourth-order valence-corrected chi connectivity index (χ4v) is 4.88. The molecule has 0 rings (SSSR count). The summed E-state index contributed by atoms with van der Waals surface area (Å²) in [6.45, 7) is 15.6. The van der Waals surface area contributed by atoms with Crippen molar-refractivity contribution in [2.75, 3.05) is 20.4 Å². The topological polar surface area (TPSA) is 99.1 Å². The van der Waals surface area contributed by atoms with E-state index in [1.807, 2.05) is 33.9 Å². The van der Waals surface area contributed by atoms with Crippen molar-refractivity contribution in [1.29, 1.82) is 0 Å². The third kappa shape index (κ3) is 7.78. The van der Waals surface area contributed by atoms with Crippen LogP contribution in [0.4, 0.5) is 0 Å². The first kappa shape index (κ1) is 26.5. The van der Waals surface area contributed by atoms with Crippen LogP contribution >= 0.6 is 7.60 Å². The lowest BCUT2D eigenvalue weighted by Gasteiger charge is -2.43. The maximum Gasteiger partial charge on any atom is 0.337 e. The van der Waals surface area contributed by atoms with Crippen LogP contribution in [-0.2, 0) is 27.6 Å². The third-order valence-corrected chi connectivity index (χ3v) is 11.5. The number of carbonyl (C=O) groups is 2. The summed E-state index contributed by atoms with van der Waals surface area (Å²) in [7, 11) is -3.42. The van der Waals surface area contributed by atoms with Gasteiger partial charge in [0.2, 0.25) is 0 Å². The van der Waals surface area contributed by atoms with Gasteiger partial charge in [-0.1, -0.05) is 41.5 Å². The van der Waals surface area contributed by atoms with E-state index in [1.165, 1.54) is 14.2 Å². The van der Waals surface area contributed by atoms with Crippen LogP contribution in [0.1, 0.15) is 48.0 Å². The molecule has 1 unspecified atom stereocenters. The summed E-state index contributed by atoms with van der Waals surface area (Å²) in [6.07, 6.45) is -1.39. The summed E-state index contributed by atoms with van der Waals surface area (Å²) in [5.74, 6) is -2.30. The Balaban J connectivity index is 5.83. The molecule has 0 saturated carbocycles. The second-order valence-corrected chi connectivity index (χ2v) is 16.5. The minimum Gasteiger partial charge on any atom is -0.481 e. The van der Waals surface area contributed by atoms with Gasteiger partial charge < -0.3 is 18.6 Å². The summed E-state index contributed by atoms with van der Waals surface area (Å²) in [4.78, 5) is 24.6. The normalized spacial score (nSPS) is 16.1. The minimum absolute atomic E-state index is 0.149. The standard InChI is InChI=1S/C18H37O7PSi/c1-17(2,3)15(16(20)21)14(25-27(9,10)18(4,5)6)11-13(19)12-26(22,23-7)24-8/h14-15H,11-12H2,1-10H3,(H,20,21)/t14-,15?/m1/s1. The molecule has 0 heterocycles. The van der Waals surface area contributed by atoms with E-state index in [0.29, 0.717) is 0 Å². The summed E-state index contributed by atoms with van der Waals surface area (Å²) in [5, 5.41) is 9.69. The Morgan fingerprint density at radius 3 is 1.78 bits per heavy atom. The van der Waals surface area contributed by atoms with Gasteiger partial charge in [0, 0.05) is 20.6 Å². The molecule has 0 aromatic rings. The molecular formula is C18H37O7PSi. The molecule has 0 aliphatic heterocycles. The van der Waals surface area contributed by atoms with Gasteiger partial charge in [0.15, 0.2) is 8.32 Å². The molecule has 0 bridgehead atoms. The highest BCUT2D eigenvalue weighted by Gasteiger charge is 2.46. The van der Waals surface area contributed by atoms with Gasteiger partial charge in [-0.25, -0.2) is 0 Å². The third-order valence-electron chi connectivity index (χ3n) is 5.18. The molecule has 0 radical (unpaired) electrons. The van der Waals surface area contributed by atoms with Crippen LogP contribution in [-0.4, -0.2) is 51.7 Å². The second-order valence-electron chi connectivity index (χ2n) is 9.48. The molecule has 27 heavy (non-hydrogen) atoms. The largest absolute Gasteiger partial charge is 0.481 e. The minimum atomic E-state index is -3.51. The van der Waals surface area contributed by atoms with Crippen LogP contribution in [0.2, 0.25) is 18.1 Å². The van der Waals surface area contributed by atoms with Gasteiger partial charge in [0.25, 0.3) is 0 Å². The van der Waals surface area contributed by atoms with Gasteiger partial charge >= 0.3 is 13.6 Å². The lowest BCUT2D eigenvalue weighted by molar-refractivity contribution is -0.151. The summed E-state index contributed by atoms with van der Waals surface area (Å²) >= 11 is 0. The highest BCUT2D eigenvalue weighted by molar-refractivity contribution is 7.54. The Morgan fingerprint density at radius 1 is 1.04 bits per heavy atom.